The first-order chi connectivity index (χ1) is 15.5. The number of benzene rings is 2. The molecule has 6 nitrogen and oxygen atoms in total. The minimum Gasteiger partial charge on any atom is -0.485 e. The molecule has 0 bridgehead atoms. The van der Waals surface area contributed by atoms with E-state index in [-0.39, 0.29) is 18.3 Å². The van der Waals surface area contributed by atoms with Gasteiger partial charge in [0.2, 0.25) is 0 Å². The molecule has 0 radical (unpaired) electrons. The molecule has 1 aliphatic carbocycles. The van der Waals surface area contributed by atoms with Gasteiger partial charge in [0.15, 0.2) is 24.3 Å². The van der Waals surface area contributed by atoms with E-state index in [1.54, 1.807) is 0 Å². The second kappa shape index (κ2) is 7.99. The Hall–Kier alpha value is -2.19. The SMILES string of the molecule is CC1(C)O[C@H]2O[C@H](COc3nc4ccccc4s3)[C@H](Oc3ccc(CC4CC4)cc3)[C@H]2O1. The first-order valence-electron chi connectivity index (χ1n) is 11.3. The van der Waals surface area contributed by atoms with E-state index in [2.05, 4.69) is 17.1 Å². The minimum atomic E-state index is -0.704. The number of ether oxygens (including phenoxy) is 5. The first kappa shape index (κ1) is 20.4. The molecule has 32 heavy (non-hydrogen) atoms. The van der Waals surface area contributed by atoms with Crippen LogP contribution < -0.4 is 9.47 Å². The highest BCUT2D eigenvalue weighted by Gasteiger charge is 2.56. The van der Waals surface area contributed by atoms with Crippen LogP contribution in [0.1, 0.15) is 32.3 Å². The molecule has 168 valence electrons. The summed E-state index contributed by atoms with van der Waals surface area (Å²) in [6.07, 6.45) is 2.38. The van der Waals surface area contributed by atoms with Gasteiger partial charge in [-0.3, -0.25) is 0 Å². The molecule has 4 atom stereocenters. The van der Waals surface area contributed by atoms with Crippen LogP contribution in [0.25, 0.3) is 10.2 Å². The van der Waals surface area contributed by atoms with Gasteiger partial charge in [-0.2, -0.15) is 0 Å². The lowest BCUT2D eigenvalue weighted by atomic mass is 10.1. The van der Waals surface area contributed by atoms with E-state index in [0.717, 1.165) is 28.3 Å². The summed E-state index contributed by atoms with van der Waals surface area (Å²) in [5, 5.41) is 0.622. The predicted molar refractivity (Wildman–Crippen MR) is 121 cm³/mol. The molecular weight excluding hydrogens is 426 g/mol. The van der Waals surface area contributed by atoms with Crippen molar-refractivity contribution in [3.63, 3.8) is 0 Å². The smallest absolute Gasteiger partial charge is 0.274 e. The lowest BCUT2D eigenvalue weighted by molar-refractivity contribution is -0.215. The average molecular weight is 454 g/mol. The Balaban J connectivity index is 1.17. The van der Waals surface area contributed by atoms with Gasteiger partial charge < -0.3 is 23.7 Å². The maximum Gasteiger partial charge on any atom is 0.274 e. The number of rotatable bonds is 7. The van der Waals surface area contributed by atoms with Crippen molar-refractivity contribution in [2.45, 2.75) is 63.5 Å². The molecule has 2 aliphatic heterocycles. The number of hydrogen-bond donors (Lipinski definition) is 0. The monoisotopic (exact) mass is 453 g/mol. The standard InChI is InChI=1S/C25H27NO5S/c1-25(2)30-22-21(28-17-11-9-16(10-12-17)13-15-7-8-15)19(29-23(22)31-25)14-27-24-26-18-5-3-4-6-20(18)32-24/h3-6,9-12,15,19,21-23H,7-8,13-14H2,1-2H3/t19-,21+,22-,23-/m1/s1. The summed E-state index contributed by atoms with van der Waals surface area (Å²) in [6.45, 7) is 4.10. The fourth-order valence-electron chi connectivity index (χ4n) is 4.41. The zero-order chi connectivity index (χ0) is 21.7. The third kappa shape index (κ3) is 4.22. The van der Waals surface area contributed by atoms with Gasteiger partial charge in [0.1, 0.15) is 18.5 Å². The molecule has 3 aromatic rings. The molecule has 1 aromatic heterocycles. The fourth-order valence-corrected chi connectivity index (χ4v) is 5.23. The van der Waals surface area contributed by atoms with Crippen LogP contribution in [0.5, 0.6) is 10.9 Å². The third-order valence-electron chi connectivity index (χ3n) is 6.15. The zero-order valence-corrected chi connectivity index (χ0v) is 19.0. The Kier molecular flexibility index (Phi) is 5.10. The van der Waals surface area contributed by atoms with E-state index in [0.29, 0.717) is 11.8 Å². The zero-order valence-electron chi connectivity index (χ0n) is 18.2. The molecule has 0 spiro atoms. The second-order valence-corrected chi connectivity index (χ2v) is 10.3. The van der Waals surface area contributed by atoms with E-state index in [4.69, 9.17) is 23.7 Å². The van der Waals surface area contributed by atoms with Crippen LogP contribution in [0.15, 0.2) is 48.5 Å². The highest BCUT2D eigenvalue weighted by Crippen LogP contribution is 2.40. The number of hydrogen-bond acceptors (Lipinski definition) is 7. The summed E-state index contributed by atoms with van der Waals surface area (Å²) in [6, 6.07) is 16.4. The van der Waals surface area contributed by atoms with Gasteiger partial charge >= 0.3 is 0 Å². The van der Waals surface area contributed by atoms with E-state index in [1.807, 2.05) is 50.2 Å². The van der Waals surface area contributed by atoms with Crippen LogP contribution in [-0.4, -0.2) is 42.0 Å². The number of para-hydroxylation sites is 1. The lowest BCUT2D eigenvalue weighted by Gasteiger charge is -2.26. The Morgan fingerprint density at radius 3 is 2.66 bits per heavy atom. The number of thiazole rings is 1. The summed E-state index contributed by atoms with van der Waals surface area (Å²) < 4.78 is 31.8. The van der Waals surface area contributed by atoms with Crippen LogP contribution in [0, 0.1) is 5.92 Å². The van der Waals surface area contributed by atoms with E-state index in [9.17, 15) is 0 Å². The second-order valence-electron chi connectivity index (χ2n) is 9.28. The first-order valence-corrected chi connectivity index (χ1v) is 12.1. The number of aromatic nitrogens is 1. The van der Waals surface area contributed by atoms with Crippen molar-refractivity contribution < 1.29 is 23.7 Å². The number of fused-ring (bicyclic) bond motifs is 2. The van der Waals surface area contributed by atoms with Crippen LogP contribution in [-0.2, 0) is 20.6 Å². The summed E-state index contributed by atoms with van der Waals surface area (Å²) in [7, 11) is 0. The highest BCUT2D eigenvalue weighted by atomic mass is 32.1. The normalized spacial score (nSPS) is 28.7. The van der Waals surface area contributed by atoms with Crippen molar-refractivity contribution in [3.8, 4) is 10.9 Å². The van der Waals surface area contributed by atoms with Gasteiger partial charge in [0, 0.05) is 0 Å². The Labute approximate surface area is 191 Å². The van der Waals surface area contributed by atoms with Gasteiger partial charge in [-0.15, -0.1) is 0 Å². The maximum atomic E-state index is 6.39. The Bertz CT molecular complexity index is 1060. The van der Waals surface area contributed by atoms with Crippen molar-refractivity contribution in [2.75, 3.05) is 6.61 Å². The van der Waals surface area contributed by atoms with Crippen LogP contribution in [0.4, 0.5) is 0 Å². The van der Waals surface area contributed by atoms with Crippen molar-refractivity contribution in [2.24, 2.45) is 5.92 Å². The maximum absolute atomic E-state index is 6.39. The molecule has 3 aliphatic rings. The largest absolute Gasteiger partial charge is 0.485 e. The molecule has 1 saturated carbocycles. The van der Waals surface area contributed by atoms with Gasteiger partial charge in [0.25, 0.3) is 5.19 Å². The van der Waals surface area contributed by atoms with E-state index < -0.39 is 12.1 Å². The van der Waals surface area contributed by atoms with Crippen molar-refractivity contribution in [1.29, 1.82) is 0 Å². The summed E-state index contributed by atoms with van der Waals surface area (Å²) in [5.41, 5.74) is 2.29. The van der Waals surface area contributed by atoms with Crippen LogP contribution in [0.3, 0.4) is 0 Å². The average Bonchev–Trinajstić information content (AvgIpc) is 3.29. The summed E-state index contributed by atoms with van der Waals surface area (Å²) in [5.74, 6) is 0.961. The van der Waals surface area contributed by atoms with E-state index >= 15 is 0 Å². The molecule has 0 unspecified atom stereocenters. The lowest BCUT2D eigenvalue weighted by Crippen LogP contribution is -2.41. The molecule has 3 fully saturated rings. The molecule has 0 N–H and O–H groups in total. The van der Waals surface area contributed by atoms with Crippen molar-refractivity contribution in [3.05, 3.63) is 54.1 Å². The van der Waals surface area contributed by atoms with Crippen LogP contribution >= 0.6 is 11.3 Å². The van der Waals surface area contributed by atoms with Gasteiger partial charge in [0.05, 0.1) is 10.2 Å². The van der Waals surface area contributed by atoms with Gasteiger partial charge in [-0.25, -0.2) is 4.98 Å². The minimum absolute atomic E-state index is 0.310. The van der Waals surface area contributed by atoms with Crippen LogP contribution in [0.2, 0.25) is 0 Å². The van der Waals surface area contributed by atoms with Crippen molar-refractivity contribution in [1.82, 2.24) is 4.98 Å². The molecule has 7 heteroatoms. The molecule has 6 rings (SSSR count). The molecular formula is C25H27NO5S. The molecule has 0 amide bonds. The molecule has 2 saturated heterocycles. The topological polar surface area (TPSA) is 59.0 Å². The van der Waals surface area contributed by atoms with Gasteiger partial charge in [-0.05, 0) is 68.9 Å². The quantitative estimate of drug-likeness (QED) is 0.504. The highest BCUT2D eigenvalue weighted by molar-refractivity contribution is 7.20. The third-order valence-corrected chi connectivity index (χ3v) is 7.10. The molecule has 3 heterocycles. The van der Waals surface area contributed by atoms with Gasteiger partial charge in [-0.1, -0.05) is 35.6 Å². The Morgan fingerprint density at radius 1 is 1.06 bits per heavy atom. The summed E-state index contributed by atoms with van der Waals surface area (Å²) in [4.78, 5) is 4.55. The van der Waals surface area contributed by atoms with Crippen molar-refractivity contribution >= 4 is 21.6 Å². The molecule has 2 aromatic carbocycles. The number of nitrogens with zero attached hydrogens (tertiary/aromatic N) is 1. The fraction of sp³-hybridized carbons (Fsp3) is 0.480. The van der Waals surface area contributed by atoms with E-state index in [1.165, 1.54) is 29.7 Å². The predicted octanol–water partition coefficient (Wildman–Crippen LogP) is 4.95. The summed E-state index contributed by atoms with van der Waals surface area (Å²) >= 11 is 1.53. The Morgan fingerprint density at radius 2 is 1.88 bits per heavy atom.